The predicted octanol–water partition coefficient (Wildman–Crippen LogP) is 2.62. The maximum absolute atomic E-state index is 12.1. The fourth-order valence-corrected chi connectivity index (χ4v) is 1.91. The number of methoxy groups -OCH3 is 1. The molecule has 1 amide bonds. The molecule has 0 saturated heterocycles. The van der Waals surface area contributed by atoms with E-state index in [9.17, 15) is 9.90 Å². The van der Waals surface area contributed by atoms with Crippen LogP contribution in [0.2, 0.25) is 0 Å². The molecule has 0 aromatic heterocycles. The summed E-state index contributed by atoms with van der Waals surface area (Å²) in [4.78, 5) is 12.1. The van der Waals surface area contributed by atoms with Crippen molar-refractivity contribution in [1.82, 2.24) is 5.32 Å². The molecule has 0 bridgehead atoms. The Morgan fingerprint density at radius 1 is 1.22 bits per heavy atom. The zero-order valence-electron chi connectivity index (χ0n) is 12.6. The van der Waals surface area contributed by atoms with Crippen LogP contribution >= 0.6 is 0 Å². The molecule has 0 fully saturated rings. The second-order valence-corrected chi connectivity index (χ2v) is 4.79. The Hall–Kier alpha value is -3.26. The number of nitrogens with zero attached hydrogens (tertiary/aromatic N) is 1. The molecule has 0 spiro atoms. The number of nitrogens with one attached hydrogen (secondary N) is 1. The van der Waals surface area contributed by atoms with E-state index in [1.54, 1.807) is 31.4 Å². The summed E-state index contributed by atoms with van der Waals surface area (Å²) in [6, 6.07) is 15.4. The molecule has 5 heteroatoms. The summed E-state index contributed by atoms with van der Waals surface area (Å²) in [7, 11) is 1.59. The highest BCUT2D eigenvalue weighted by molar-refractivity contribution is 6.01. The molecule has 0 radical (unpaired) electrons. The van der Waals surface area contributed by atoms with E-state index in [4.69, 9.17) is 10.00 Å². The predicted molar refractivity (Wildman–Crippen MR) is 86.5 cm³/mol. The zero-order chi connectivity index (χ0) is 16.7. The van der Waals surface area contributed by atoms with Crippen LogP contribution < -0.4 is 10.1 Å². The van der Waals surface area contributed by atoms with Gasteiger partial charge >= 0.3 is 0 Å². The number of phenolic OH excluding ortho intramolecular Hbond substituents is 1. The zero-order valence-corrected chi connectivity index (χ0v) is 12.6. The maximum Gasteiger partial charge on any atom is 0.262 e. The van der Waals surface area contributed by atoms with Gasteiger partial charge in [-0.25, -0.2) is 0 Å². The lowest BCUT2D eigenvalue weighted by Crippen LogP contribution is -2.23. The highest BCUT2D eigenvalue weighted by atomic mass is 16.5. The topological polar surface area (TPSA) is 82.3 Å². The minimum absolute atomic E-state index is 0.00389. The Labute approximate surface area is 134 Å². The number of phenols is 1. The number of benzene rings is 2. The Bertz CT molecular complexity index is 741. The molecule has 0 saturated carbocycles. The third-order valence-corrected chi connectivity index (χ3v) is 3.18. The fraction of sp³-hybridized carbons (Fsp3) is 0.111. The molecule has 0 aliphatic heterocycles. The monoisotopic (exact) mass is 308 g/mol. The SMILES string of the molecule is COc1ccc(CNC(=O)/C(C#N)=C/c2ccc(O)cc2)cc1. The Balaban J connectivity index is 2.02. The van der Waals surface area contributed by atoms with E-state index < -0.39 is 5.91 Å². The molecule has 2 aromatic carbocycles. The summed E-state index contributed by atoms with van der Waals surface area (Å²) < 4.78 is 5.07. The van der Waals surface area contributed by atoms with Crippen LogP contribution in [0.1, 0.15) is 11.1 Å². The first-order valence-corrected chi connectivity index (χ1v) is 6.94. The molecule has 2 aromatic rings. The van der Waals surface area contributed by atoms with Crippen LogP contribution in [0.4, 0.5) is 0 Å². The van der Waals surface area contributed by atoms with Gasteiger partial charge in [0, 0.05) is 6.54 Å². The maximum atomic E-state index is 12.1. The summed E-state index contributed by atoms with van der Waals surface area (Å²) in [5, 5.41) is 21.1. The quantitative estimate of drug-likeness (QED) is 0.657. The summed E-state index contributed by atoms with van der Waals surface area (Å²) in [6.45, 7) is 0.317. The van der Waals surface area contributed by atoms with E-state index >= 15 is 0 Å². The smallest absolute Gasteiger partial charge is 0.262 e. The van der Waals surface area contributed by atoms with Crippen molar-refractivity contribution >= 4 is 12.0 Å². The molecular weight excluding hydrogens is 292 g/mol. The average Bonchev–Trinajstić information content (AvgIpc) is 2.59. The van der Waals surface area contributed by atoms with Crippen molar-refractivity contribution in [1.29, 1.82) is 5.26 Å². The largest absolute Gasteiger partial charge is 0.508 e. The molecule has 0 unspecified atom stereocenters. The van der Waals surface area contributed by atoms with Crippen molar-refractivity contribution in [3.05, 3.63) is 65.2 Å². The number of hydrogen-bond acceptors (Lipinski definition) is 4. The normalized spacial score (nSPS) is 10.7. The van der Waals surface area contributed by atoms with Gasteiger partial charge in [-0.2, -0.15) is 5.26 Å². The van der Waals surface area contributed by atoms with Crippen LogP contribution in [0.3, 0.4) is 0 Å². The molecule has 23 heavy (non-hydrogen) atoms. The summed E-state index contributed by atoms with van der Waals surface area (Å²) in [6.07, 6.45) is 1.47. The average molecular weight is 308 g/mol. The van der Waals surface area contributed by atoms with Gasteiger partial charge in [0.15, 0.2) is 0 Å². The standard InChI is InChI=1S/C18H16N2O3/c1-23-17-8-4-14(5-9-17)12-20-18(22)15(11-19)10-13-2-6-16(21)7-3-13/h2-10,21H,12H2,1H3,(H,20,22)/b15-10+. The second-order valence-electron chi connectivity index (χ2n) is 4.79. The first kappa shape index (κ1) is 16.1. The van der Waals surface area contributed by atoms with Crippen LogP contribution in [0, 0.1) is 11.3 Å². The van der Waals surface area contributed by atoms with E-state index in [0.717, 1.165) is 11.3 Å². The van der Waals surface area contributed by atoms with Crippen LogP contribution in [0.5, 0.6) is 11.5 Å². The van der Waals surface area contributed by atoms with Gasteiger partial charge in [0.05, 0.1) is 7.11 Å². The fourth-order valence-electron chi connectivity index (χ4n) is 1.91. The van der Waals surface area contributed by atoms with Crippen LogP contribution in [0.15, 0.2) is 54.1 Å². The summed E-state index contributed by atoms with van der Waals surface area (Å²) in [5.41, 5.74) is 1.57. The molecule has 0 heterocycles. The molecule has 0 aliphatic rings. The van der Waals surface area contributed by atoms with Gasteiger partial charge in [0.1, 0.15) is 23.1 Å². The minimum atomic E-state index is -0.448. The number of carbonyl (C=O) groups is 1. The van der Waals surface area contributed by atoms with E-state index in [2.05, 4.69) is 5.32 Å². The van der Waals surface area contributed by atoms with Crippen LogP contribution in [0.25, 0.3) is 6.08 Å². The van der Waals surface area contributed by atoms with Crippen molar-refractivity contribution in [3.8, 4) is 17.6 Å². The Morgan fingerprint density at radius 2 is 1.87 bits per heavy atom. The molecule has 0 atom stereocenters. The number of nitriles is 1. The highest BCUT2D eigenvalue weighted by Crippen LogP contribution is 2.13. The van der Waals surface area contributed by atoms with Crippen molar-refractivity contribution < 1.29 is 14.6 Å². The summed E-state index contributed by atoms with van der Waals surface area (Å²) in [5.74, 6) is 0.422. The van der Waals surface area contributed by atoms with Crippen molar-refractivity contribution in [2.75, 3.05) is 7.11 Å². The number of carbonyl (C=O) groups excluding carboxylic acids is 1. The number of amides is 1. The number of ether oxygens (including phenoxy) is 1. The summed E-state index contributed by atoms with van der Waals surface area (Å²) >= 11 is 0. The number of aromatic hydroxyl groups is 1. The second kappa shape index (κ2) is 7.66. The lowest BCUT2D eigenvalue weighted by atomic mass is 10.1. The minimum Gasteiger partial charge on any atom is -0.508 e. The molecule has 5 nitrogen and oxygen atoms in total. The molecule has 2 rings (SSSR count). The van der Waals surface area contributed by atoms with Gasteiger partial charge in [0.25, 0.3) is 5.91 Å². The van der Waals surface area contributed by atoms with Gasteiger partial charge in [-0.3, -0.25) is 4.79 Å². The Morgan fingerprint density at radius 3 is 2.43 bits per heavy atom. The molecular formula is C18H16N2O3. The number of rotatable bonds is 5. The van der Waals surface area contributed by atoms with Crippen LogP contribution in [-0.4, -0.2) is 18.1 Å². The van der Waals surface area contributed by atoms with E-state index in [1.165, 1.54) is 18.2 Å². The van der Waals surface area contributed by atoms with Crippen molar-refractivity contribution in [3.63, 3.8) is 0 Å². The van der Waals surface area contributed by atoms with E-state index in [0.29, 0.717) is 12.1 Å². The van der Waals surface area contributed by atoms with Gasteiger partial charge < -0.3 is 15.2 Å². The van der Waals surface area contributed by atoms with Gasteiger partial charge in [-0.15, -0.1) is 0 Å². The third kappa shape index (κ3) is 4.61. The van der Waals surface area contributed by atoms with Crippen LogP contribution in [-0.2, 0) is 11.3 Å². The molecule has 2 N–H and O–H groups in total. The van der Waals surface area contributed by atoms with Crippen molar-refractivity contribution in [2.45, 2.75) is 6.54 Å². The van der Waals surface area contributed by atoms with E-state index in [1.807, 2.05) is 18.2 Å². The first-order valence-electron chi connectivity index (χ1n) is 6.94. The highest BCUT2D eigenvalue weighted by Gasteiger charge is 2.08. The van der Waals surface area contributed by atoms with Gasteiger partial charge in [0.2, 0.25) is 0 Å². The van der Waals surface area contributed by atoms with Gasteiger partial charge in [-0.1, -0.05) is 24.3 Å². The third-order valence-electron chi connectivity index (χ3n) is 3.18. The molecule has 116 valence electrons. The Kier molecular flexibility index (Phi) is 5.37. The molecule has 0 aliphatic carbocycles. The number of hydrogen-bond donors (Lipinski definition) is 2. The first-order chi connectivity index (χ1) is 11.1. The lowest BCUT2D eigenvalue weighted by Gasteiger charge is -2.06. The van der Waals surface area contributed by atoms with Crippen molar-refractivity contribution in [2.24, 2.45) is 0 Å². The lowest BCUT2D eigenvalue weighted by molar-refractivity contribution is -0.117. The van der Waals surface area contributed by atoms with Gasteiger partial charge in [-0.05, 0) is 41.5 Å². The van der Waals surface area contributed by atoms with E-state index in [-0.39, 0.29) is 11.3 Å².